The predicted octanol–water partition coefficient (Wildman–Crippen LogP) is 3.73. The standard InChI is InChI=1S/C20H30F2N2O3S/c1-15-4-3-11-23(14-15)17-9-12-24(13-10-17)28(25,26)19-8-7-18(27-20(21)22)6-5-16(19)2/h5-8,15-17,20H,3-4,9-14H2,1-2H3/t15?,16-/m0/s1. The Morgan fingerprint density at radius 2 is 1.82 bits per heavy atom. The summed E-state index contributed by atoms with van der Waals surface area (Å²) < 4.78 is 57.1. The molecule has 158 valence electrons. The van der Waals surface area contributed by atoms with Crippen LogP contribution in [0.1, 0.15) is 39.5 Å². The Morgan fingerprint density at radius 3 is 2.46 bits per heavy atom. The van der Waals surface area contributed by atoms with Gasteiger partial charge in [-0.1, -0.05) is 19.9 Å². The fraction of sp³-hybridized carbons (Fsp3) is 0.700. The van der Waals surface area contributed by atoms with E-state index in [4.69, 9.17) is 0 Å². The molecule has 0 bridgehead atoms. The van der Waals surface area contributed by atoms with Gasteiger partial charge in [-0.2, -0.15) is 13.1 Å². The highest BCUT2D eigenvalue weighted by Crippen LogP contribution is 2.30. The zero-order valence-electron chi connectivity index (χ0n) is 16.6. The summed E-state index contributed by atoms with van der Waals surface area (Å²) in [6.07, 6.45) is 9.85. The van der Waals surface area contributed by atoms with E-state index in [0.29, 0.717) is 25.0 Å². The first kappa shape index (κ1) is 21.5. The van der Waals surface area contributed by atoms with Gasteiger partial charge in [0.25, 0.3) is 0 Å². The van der Waals surface area contributed by atoms with Crippen molar-refractivity contribution in [1.29, 1.82) is 0 Å². The number of nitrogens with zero attached hydrogens (tertiary/aromatic N) is 2. The summed E-state index contributed by atoms with van der Waals surface area (Å²) in [6, 6.07) is 0.445. The van der Waals surface area contributed by atoms with Gasteiger partial charge in [-0.25, -0.2) is 8.42 Å². The van der Waals surface area contributed by atoms with Crippen molar-refractivity contribution in [3.05, 3.63) is 35.0 Å². The molecular weight excluding hydrogens is 386 g/mol. The minimum Gasteiger partial charge on any atom is -0.435 e. The summed E-state index contributed by atoms with van der Waals surface area (Å²) in [7, 11) is -3.64. The third-order valence-electron chi connectivity index (χ3n) is 5.90. The van der Waals surface area contributed by atoms with Gasteiger partial charge in [0.2, 0.25) is 10.0 Å². The van der Waals surface area contributed by atoms with Gasteiger partial charge in [-0.05, 0) is 56.4 Å². The molecule has 2 heterocycles. The summed E-state index contributed by atoms with van der Waals surface area (Å²) in [5, 5.41) is 0. The molecule has 1 aliphatic carbocycles. The van der Waals surface area contributed by atoms with Crippen LogP contribution in [-0.4, -0.2) is 56.5 Å². The Bertz CT molecular complexity index is 741. The van der Waals surface area contributed by atoms with Gasteiger partial charge in [0.05, 0.1) is 4.91 Å². The quantitative estimate of drug-likeness (QED) is 0.685. The lowest BCUT2D eigenvalue weighted by atomic mass is 9.96. The van der Waals surface area contributed by atoms with Gasteiger partial charge >= 0.3 is 6.61 Å². The van der Waals surface area contributed by atoms with Gasteiger partial charge in [0, 0.05) is 31.6 Å². The number of allylic oxidation sites excluding steroid dienone is 5. The zero-order chi connectivity index (χ0) is 20.3. The van der Waals surface area contributed by atoms with E-state index >= 15 is 0 Å². The highest BCUT2D eigenvalue weighted by atomic mass is 32.2. The first-order valence-electron chi connectivity index (χ1n) is 10.1. The molecule has 0 N–H and O–H groups in total. The molecule has 0 spiro atoms. The molecule has 0 aromatic heterocycles. The Balaban J connectivity index is 1.67. The molecule has 1 unspecified atom stereocenters. The normalized spacial score (nSPS) is 28.8. The number of sulfonamides is 1. The number of piperidine rings is 2. The van der Waals surface area contributed by atoms with Crippen LogP contribution in [0.15, 0.2) is 35.0 Å². The Hall–Kier alpha value is -1.25. The fourth-order valence-electron chi connectivity index (χ4n) is 4.36. The zero-order valence-corrected chi connectivity index (χ0v) is 17.4. The van der Waals surface area contributed by atoms with Crippen molar-refractivity contribution < 1.29 is 21.9 Å². The molecule has 8 heteroatoms. The smallest absolute Gasteiger partial charge is 0.387 e. The van der Waals surface area contributed by atoms with E-state index < -0.39 is 22.6 Å². The molecule has 0 amide bonds. The molecule has 3 rings (SSSR count). The van der Waals surface area contributed by atoms with Crippen LogP contribution < -0.4 is 0 Å². The largest absolute Gasteiger partial charge is 0.435 e. The second-order valence-corrected chi connectivity index (χ2v) is 9.98. The van der Waals surface area contributed by atoms with E-state index in [1.165, 1.54) is 31.1 Å². The SMILES string of the molecule is CC1CCCN(C2CCN(S(=O)(=O)C3=CC=C(OC(F)F)C=C[C@@H]3C)CC2)C1. The van der Waals surface area contributed by atoms with Crippen LogP contribution in [0.2, 0.25) is 0 Å². The molecule has 2 aliphatic heterocycles. The van der Waals surface area contributed by atoms with Crippen molar-refractivity contribution in [2.45, 2.75) is 52.2 Å². The number of halogens is 2. The number of rotatable bonds is 5. The molecule has 2 saturated heterocycles. The molecule has 0 aromatic rings. The van der Waals surface area contributed by atoms with Gasteiger partial charge < -0.3 is 9.64 Å². The van der Waals surface area contributed by atoms with Crippen molar-refractivity contribution in [3.8, 4) is 0 Å². The lowest BCUT2D eigenvalue weighted by molar-refractivity contribution is -0.0919. The van der Waals surface area contributed by atoms with Gasteiger partial charge in [0.15, 0.2) is 0 Å². The Kier molecular flexibility index (Phi) is 6.94. The first-order chi connectivity index (χ1) is 13.3. The number of ether oxygens (including phenoxy) is 1. The van der Waals surface area contributed by atoms with E-state index in [9.17, 15) is 17.2 Å². The maximum Gasteiger partial charge on any atom is 0.387 e. The maximum atomic E-state index is 13.2. The third-order valence-corrected chi connectivity index (χ3v) is 8.05. The minimum atomic E-state index is -3.64. The van der Waals surface area contributed by atoms with Crippen LogP contribution in [0.3, 0.4) is 0 Å². The van der Waals surface area contributed by atoms with Crippen molar-refractivity contribution in [2.75, 3.05) is 26.2 Å². The number of hydrogen-bond acceptors (Lipinski definition) is 4. The monoisotopic (exact) mass is 416 g/mol. The van der Waals surface area contributed by atoms with Gasteiger partial charge in [-0.3, -0.25) is 0 Å². The van der Waals surface area contributed by atoms with Crippen LogP contribution in [-0.2, 0) is 14.8 Å². The molecular formula is C20H30F2N2O3S. The van der Waals surface area contributed by atoms with Crippen LogP contribution in [0.4, 0.5) is 8.78 Å². The van der Waals surface area contributed by atoms with E-state index in [2.05, 4.69) is 16.6 Å². The molecule has 0 radical (unpaired) electrons. The molecule has 0 aromatic carbocycles. The van der Waals surface area contributed by atoms with Crippen LogP contribution in [0, 0.1) is 11.8 Å². The third kappa shape index (κ3) is 5.02. The fourth-order valence-corrected chi connectivity index (χ4v) is 6.14. The molecule has 5 nitrogen and oxygen atoms in total. The van der Waals surface area contributed by atoms with Crippen molar-refractivity contribution >= 4 is 10.0 Å². The molecule has 3 aliphatic rings. The Morgan fingerprint density at radius 1 is 1.11 bits per heavy atom. The second-order valence-electron chi connectivity index (χ2n) is 8.04. The van der Waals surface area contributed by atoms with E-state index in [1.807, 2.05) is 0 Å². The first-order valence-corrected chi connectivity index (χ1v) is 11.5. The van der Waals surface area contributed by atoms with E-state index in [-0.39, 0.29) is 10.7 Å². The summed E-state index contributed by atoms with van der Waals surface area (Å²) in [5.41, 5.74) is 0. The highest BCUT2D eigenvalue weighted by molar-refractivity contribution is 7.93. The molecule has 28 heavy (non-hydrogen) atoms. The number of likely N-dealkylation sites (tertiary alicyclic amines) is 1. The summed E-state index contributed by atoms with van der Waals surface area (Å²) in [6.45, 7) is 4.29. The second kappa shape index (κ2) is 9.05. The van der Waals surface area contributed by atoms with Gasteiger partial charge in [-0.15, -0.1) is 0 Å². The predicted molar refractivity (Wildman–Crippen MR) is 105 cm³/mol. The summed E-state index contributed by atoms with van der Waals surface area (Å²) in [5.74, 6) is 0.265. The highest BCUT2D eigenvalue weighted by Gasteiger charge is 2.35. The van der Waals surface area contributed by atoms with E-state index in [1.54, 1.807) is 17.3 Å². The minimum absolute atomic E-state index is 0.0371. The van der Waals surface area contributed by atoms with Crippen molar-refractivity contribution in [3.63, 3.8) is 0 Å². The average Bonchev–Trinajstić information content (AvgIpc) is 2.83. The molecule has 2 fully saturated rings. The summed E-state index contributed by atoms with van der Waals surface area (Å²) in [4.78, 5) is 2.74. The average molecular weight is 417 g/mol. The lowest BCUT2D eigenvalue weighted by Gasteiger charge is -2.41. The molecule has 0 saturated carbocycles. The topological polar surface area (TPSA) is 49.9 Å². The van der Waals surface area contributed by atoms with Crippen LogP contribution in [0.5, 0.6) is 0 Å². The number of hydrogen-bond donors (Lipinski definition) is 0. The number of alkyl halides is 2. The van der Waals surface area contributed by atoms with Crippen LogP contribution in [0.25, 0.3) is 0 Å². The summed E-state index contributed by atoms with van der Waals surface area (Å²) >= 11 is 0. The van der Waals surface area contributed by atoms with Gasteiger partial charge in [0.1, 0.15) is 5.76 Å². The lowest BCUT2D eigenvalue weighted by Crippen LogP contribution is -2.49. The maximum absolute atomic E-state index is 13.2. The molecule has 2 atom stereocenters. The van der Waals surface area contributed by atoms with Crippen molar-refractivity contribution in [2.24, 2.45) is 11.8 Å². The van der Waals surface area contributed by atoms with Crippen molar-refractivity contribution in [1.82, 2.24) is 9.21 Å². The van der Waals surface area contributed by atoms with E-state index in [0.717, 1.165) is 25.9 Å². The Labute approximate surface area is 166 Å². The van der Waals surface area contributed by atoms with Crippen LogP contribution >= 0.6 is 0 Å².